The van der Waals surface area contributed by atoms with Gasteiger partial charge >= 0.3 is 0 Å². The summed E-state index contributed by atoms with van der Waals surface area (Å²) in [5, 5.41) is 12.2. The first-order chi connectivity index (χ1) is 17.3. The highest BCUT2D eigenvalue weighted by molar-refractivity contribution is 9.10. The Morgan fingerprint density at radius 1 is 1.03 bits per heavy atom. The summed E-state index contributed by atoms with van der Waals surface area (Å²) in [6.45, 7) is 1.86. The summed E-state index contributed by atoms with van der Waals surface area (Å²) in [6.07, 6.45) is 0. The molecule has 4 rings (SSSR count). The molecule has 12 heteroatoms. The Morgan fingerprint density at radius 3 is 2.33 bits per heavy atom. The summed E-state index contributed by atoms with van der Waals surface area (Å²) < 4.78 is 34.3. The SMILES string of the molecule is CCOc1ccc(N(CC(=O)Nc2nnc(-c3ccc(Cl)cc3)s2)S(=O)(=O)c2ccc(Br)cc2)cc1. The molecule has 0 aliphatic carbocycles. The first-order valence-electron chi connectivity index (χ1n) is 10.7. The lowest BCUT2D eigenvalue weighted by molar-refractivity contribution is -0.114. The maximum atomic E-state index is 13.5. The van der Waals surface area contributed by atoms with E-state index in [4.69, 9.17) is 16.3 Å². The van der Waals surface area contributed by atoms with Gasteiger partial charge in [-0.2, -0.15) is 0 Å². The van der Waals surface area contributed by atoms with Crippen LogP contribution in [-0.2, 0) is 14.8 Å². The Hall–Kier alpha value is -2.99. The smallest absolute Gasteiger partial charge is 0.264 e. The molecule has 1 amide bonds. The third-order valence-electron chi connectivity index (χ3n) is 4.89. The molecule has 0 radical (unpaired) electrons. The summed E-state index contributed by atoms with van der Waals surface area (Å²) in [7, 11) is -4.06. The van der Waals surface area contributed by atoms with Crippen molar-refractivity contribution in [3.05, 3.63) is 82.3 Å². The monoisotopic (exact) mass is 606 g/mol. The molecule has 0 unspecified atom stereocenters. The summed E-state index contributed by atoms with van der Waals surface area (Å²) in [6, 6.07) is 19.8. The van der Waals surface area contributed by atoms with Gasteiger partial charge < -0.3 is 4.74 Å². The van der Waals surface area contributed by atoms with Crippen LogP contribution in [0.25, 0.3) is 10.6 Å². The van der Waals surface area contributed by atoms with Crippen molar-refractivity contribution in [2.75, 3.05) is 22.8 Å². The molecule has 0 fully saturated rings. The summed E-state index contributed by atoms with van der Waals surface area (Å²) >= 11 is 10.4. The van der Waals surface area contributed by atoms with E-state index in [1.807, 2.05) is 6.92 Å². The number of nitrogens with one attached hydrogen (secondary N) is 1. The van der Waals surface area contributed by atoms with Gasteiger partial charge in [-0.1, -0.05) is 51.0 Å². The molecule has 186 valence electrons. The minimum atomic E-state index is -4.06. The van der Waals surface area contributed by atoms with E-state index in [0.29, 0.717) is 28.1 Å². The van der Waals surface area contributed by atoms with Crippen LogP contribution >= 0.6 is 38.9 Å². The molecule has 1 heterocycles. The molecular formula is C24H20BrClN4O4S2. The van der Waals surface area contributed by atoms with Gasteiger partial charge in [-0.25, -0.2) is 8.42 Å². The van der Waals surface area contributed by atoms with Gasteiger partial charge in [0.15, 0.2) is 0 Å². The van der Waals surface area contributed by atoms with E-state index < -0.39 is 22.5 Å². The molecule has 4 aromatic rings. The number of carbonyl (C=O) groups is 1. The fourth-order valence-electron chi connectivity index (χ4n) is 3.20. The number of hydrogen-bond acceptors (Lipinski definition) is 7. The number of aromatic nitrogens is 2. The number of rotatable bonds is 9. The van der Waals surface area contributed by atoms with E-state index in [1.54, 1.807) is 60.7 Å². The zero-order valence-corrected chi connectivity index (χ0v) is 22.9. The van der Waals surface area contributed by atoms with Crippen LogP contribution < -0.4 is 14.4 Å². The van der Waals surface area contributed by atoms with Gasteiger partial charge in [-0.15, -0.1) is 10.2 Å². The number of benzene rings is 3. The second kappa shape index (κ2) is 11.4. The number of anilines is 2. The molecule has 8 nitrogen and oxygen atoms in total. The van der Waals surface area contributed by atoms with Crippen molar-refractivity contribution < 1.29 is 17.9 Å². The van der Waals surface area contributed by atoms with E-state index in [0.717, 1.165) is 14.3 Å². The molecule has 0 spiro atoms. The molecule has 0 bridgehead atoms. The third kappa shape index (κ3) is 6.22. The van der Waals surface area contributed by atoms with Crippen molar-refractivity contribution in [1.29, 1.82) is 0 Å². The molecule has 36 heavy (non-hydrogen) atoms. The predicted octanol–water partition coefficient (Wildman–Crippen LogP) is 5.85. The van der Waals surface area contributed by atoms with Gasteiger partial charge in [0, 0.05) is 15.1 Å². The minimum Gasteiger partial charge on any atom is -0.494 e. The molecular weight excluding hydrogens is 588 g/mol. The lowest BCUT2D eigenvalue weighted by Gasteiger charge is -2.24. The molecule has 1 N–H and O–H groups in total. The molecule has 0 aliphatic heterocycles. The van der Waals surface area contributed by atoms with Crippen LogP contribution in [0.4, 0.5) is 10.8 Å². The first-order valence-corrected chi connectivity index (χ1v) is 14.1. The lowest BCUT2D eigenvalue weighted by atomic mass is 10.2. The number of amides is 1. The van der Waals surface area contributed by atoms with Crippen molar-refractivity contribution in [3.8, 4) is 16.3 Å². The van der Waals surface area contributed by atoms with E-state index >= 15 is 0 Å². The van der Waals surface area contributed by atoms with E-state index in [1.165, 1.54) is 23.5 Å². The second-order valence-electron chi connectivity index (χ2n) is 7.36. The van der Waals surface area contributed by atoms with Gasteiger partial charge in [0.05, 0.1) is 17.2 Å². The third-order valence-corrected chi connectivity index (χ3v) is 8.34. The van der Waals surface area contributed by atoms with Crippen LogP contribution in [0.2, 0.25) is 5.02 Å². The lowest BCUT2D eigenvalue weighted by Crippen LogP contribution is -2.38. The van der Waals surface area contributed by atoms with Crippen molar-refractivity contribution in [1.82, 2.24) is 10.2 Å². The topological polar surface area (TPSA) is 101 Å². The van der Waals surface area contributed by atoms with Crippen LogP contribution in [-0.4, -0.2) is 37.7 Å². The molecule has 0 atom stereocenters. The van der Waals surface area contributed by atoms with Crippen molar-refractivity contribution in [2.24, 2.45) is 0 Å². The average Bonchev–Trinajstić information content (AvgIpc) is 3.32. The Balaban J connectivity index is 1.58. The highest BCUT2D eigenvalue weighted by Crippen LogP contribution is 2.29. The molecule has 0 saturated carbocycles. The molecule has 0 aliphatic rings. The maximum Gasteiger partial charge on any atom is 0.264 e. The van der Waals surface area contributed by atoms with Gasteiger partial charge in [0.2, 0.25) is 11.0 Å². The van der Waals surface area contributed by atoms with E-state index in [2.05, 4.69) is 31.4 Å². The number of hydrogen-bond donors (Lipinski definition) is 1. The van der Waals surface area contributed by atoms with Gasteiger partial charge in [-0.3, -0.25) is 14.4 Å². The fraction of sp³-hybridized carbons (Fsp3) is 0.125. The Labute approximate surface area is 226 Å². The summed E-state index contributed by atoms with van der Waals surface area (Å²) in [4.78, 5) is 13.0. The number of sulfonamides is 1. The van der Waals surface area contributed by atoms with Crippen LogP contribution in [0.15, 0.2) is 82.2 Å². The molecule has 1 aromatic heterocycles. The number of nitrogens with zero attached hydrogens (tertiary/aromatic N) is 3. The highest BCUT2D eigenvalue weighted by Gasteiger charge is 2.28. The zero-order chi connectivity index (χ0) is 25.7. The van der Waals surface area contributed by atoms with Crippen molar-refractivity contribution in [2.45, 2.75) is 11.8 Å². The summed E-state index contributed by atoms with van der Waals surface area (Å²) in [5.74, 6) is 0.0265. The van der Waals surface area contributed by atoms with Crippen molar-refractivity contribution >= 4 is 65.6 Å². The second-order valence-corrected chi connectivity index (χ2v) is 11.6. The van der Waals surface area contributed by atoms with Crippen LogP contribution in [0, 0.1) is 0 Å². The molecule has 0 saturated heterocycles. The number of carbonyl (C=O) groups excluding carboxylic acids is 1. The normalized spacial score (nSPS) is 11.2. The van der Waals surface area contributed by atoms with Gasteiger partial charge in [0.1, 0.15) is 17.3 Å². The minimum absolute atomic E-state index is 0.0494. The fourth-order valence-corrected chi connectivity index (χ4v) is 5.77. The predicted molar refractivity (Wildman–Crippen MR) is 145 cm³/mol. The number of ether oxygens (including phenoxy) is 1. The van der Waals surface area contributed by atoms with Crippen LogP contribution in [0.3, 0.4) is 0 Å². The van der Waals surface area contributed by atoms with E-state index in [9.17, 15) is 13.2 Å². The largest absolute Gasteiger partial charge is 0.494 e. The van der Waals surface area contributed by atoms with Crippen molar-refractivity contribution in [3.63, 3.8) is 0 Å². The number of halogens is 2. The maximum absolute atomic E-state index is 13.5. The van der Waals surface area contributed by atoms with E-state index in [-0.39, 0.29) is 10.0 Å². The Bertz CT molecular complexity index is 1440. The Kier molecular flexibility index (Phi) is 8.24. The first kappa shape index (κ1) is 26.1. The van der Waals surface area contributed by atoms with Crippen LogP contribution in [0.1, 0.15) is 6.92 Å². The average molecular weight is 608 g/mol. The quantitative estimate of drug-likeness (QED) is 0.256. The standard InChI is InChI=1S/C24H20BrClN4O4S2/c1-2-34-20-11-9-19(10-12-20)30(36(32,33)21-13-5-17(25)6-14-21)15-22(31)27-24-29-28-23(35-24)16-3-7-18(26)8-4-16/h3-14H,2,15H2,1H3,(H,27,29,31). The van der Waals surface area contributed by atoms with Gasteiger partial charge in [-0.05, 0) is 67.6 Å². The zero-order valence-electron chi connectivity index (χ0n) is 18.9. The Morgan fingerprint density at radius 2 is 1.69 bits per heavy atom. The van der Waals surface area contributed by atoms with Crippen LogP contribution in [0.5, 0.6) is 5.75 Å². The van der Waals surface area contributed by atoms with Gasteiger partial charge in [0.25, 0.3) is 10.0 Å². The summed E-state index contributed by atoms with van der Waals surface area (Å²) in [5.41, 5.74) is 1.11. The molecule has 3 aromatic carbocycles. The highest BCUT2D eigenvalue weighted by atomic mass is 79.9.